The molecule has 1 aliphatic heterocycles. The second-order valence-electron chi connectivity index (χ2n) is 9.11. The standard InChI is InChI=1S/C24H21F4N5O2/c1-23(6-7-23)22-29-9-13(10-30-22)21(34)33-20-18(15-8-14(25)2-3-16(15)26)31-12-32-19(20)17-4-5-24(27,28)11-35-17/h2-3,8-10,12,17H,4-7,11H2,1H3,(H,33,34). The van der Waals surface area contributed by atoms with Crippen LogP contribution in [0.2, 0.25) is 0 Å². The lowest BCUT2D eigenvalue weighted by atomic mass is 10.00. The minimum absolute atomic E-state index is 0.0598. The highest BCUT2D eigenvalue weighted by Crippen LogP contribution is 2.45. The first-order chi connectivity index (χ1) is 16.7. The molecule has 11 heteroatoms. The molecule has 35 heavy (non-hydrogen) atoms. The van der Waals surface area contributed by atoms with E-state index in [1.165, 1.54) is 12.4 Å². The molecule has 1 aromatic carbocycles. The van der Waals surface area contributed by atoms with Crippen LogP contribution in [0.15, 0.2) is 36.9 Å². The first kappa shape index (κ1) is 23.3. The van der Waals surface area contributed by atoms with E-state index in [1.54, 1.807) is 0 Å². The van der Waals surface area contributed by atoms with Gasteiger partial charge < -0.3 is 10.1 Å². The van der Waals surface area contributed by atoms with Crippen molar-refractivity contribution in [2.45, 2.75) is 50.0 Å². The smallest absolute Gasteiger partial charge is 0.271 e. The molecule has 3 heterocycles. The zero-order valence-corrected chi connectivity index (χ0v) is 18.7. The molecule has 3 aromatic rings. The molecule has 7 nitrogen and oxygen atoms in total. The van der Waals surface area contributed by atoms with Crippen molar-refractivity contribution in [3.05, 3.63) is 65.6 Å². The van der Waals surface area contributed by atoms with Crippen molar-refractivity contribution in [3.63, 3.8) is 0 Å². The van der Waals surface area contributed by atoms with Crippen molar-refractivity contribution < 1.29 is 27.1 Å². The predicted octanol–water partition coefficient (Wildman–Crippen LogP) is 5.00. The topological polar surface area (TPSA) is 89.9 Å². The maximum atomic E-state index is 14.6. The lowest BCUT2D eigenvalue weighted by molar-refractivity contribution is -0.146. The number of hydrogen-bond acceptors (Lipinski definition) is 6. The van der Waals surface area contributed by atoms with Crippen LogP contribution in [0.4, 0.5) is 23.2 Å². The van der Waals surface area contributed by atoms with Crippen molar-refractivity contribution >= 4 is 11.6 Å². The Labute approximate surface area is 198 Å². The van der Waals surface area contributed by atoms with Crippen LogP contribution in [-0.2, 0) is 10.2 Å². The molecule has 1 saturated carbocycles. The zero-order chi connectivity index (χ0) is 24.8. The second-order valence-corrected chi connectivity index (χ2v) is 9.11. The molecule has 2 aromatic heterocycles. The maximum Gasteiger partial charge on any atom is 0.271 e. The van der Waals surface area contributed by atoms with Crippen LogP contribution in [0, 0.1) is 11.6 Å². The van der Waals surface area contributed by atoms with Crippen molar-refractivity contribution in [1.82, 2.24) is 19.9 Å². The van der Waals surface area contributed by atoms with E-state index in [0.29, 0.717) is 5.82 Å². The number of amides is 1. The molecule has 5 rings (SSSR count). The Morgan fingerprint density at radius 3 is 2.49 bits per heavy atom. The summed E-state index contributed by atoms with van der Waals surface area (Å²) in [5.41, 5.74) is -0.268. The molecule has 1 unspecified atom stereocenters. The van der Waals surface area contributed by atoms with Gasteiger partial charge in [-0.05, 0) is 37.5 Å². The first-order valence-corrected chi connectivity index (χ1v) is 11.1. The summed E-state index contributed by atoms with van der Waals surface area (Å²) in [6.07, 6.45) is 4.33. The summed E-state index contributed by atoms with van der Waals surface area (Å²) < 4.78 is 61.2. The summed E-state index contributed by atoms with van der Waals surface area (Å²) in [5, 5.41) is 2.63. The number of benzene rings is 1. The summed E-state index contributed by atoms with van der Waals surface area (Å²) in [5.74, 6) is -4.50. The van der Waals surface area contributed by atoms with Gasteiger partial charge in [-0.2, -0.15) is 0 Å². The number of aromatic nitrogens is 4. The van der Waals surface area contributed by atoms with Gasteiger partial charge in [0, 0.05) is 29.8 Å². The van der Waals surface area contributed by atoms with Crippen molar-refractivity contribution in [2.75, 3.05) is 11.9 Å². The van der Waals surface area contributed by atoms with Gasteiger partial charge in [-0.1, -0.05) is 6.92 Å². The fraction of sp³-hybridized carbons (Fsp3) is 0.375. The number of alkyl halides is 2. The van der Waals surface area contributed by atoms with E-state index >= 15 is 0 Å². The lowest BCUT2D eigenvalue weighted by Crippen LogP contribution is -2.32. The SMILES string of the molecule is CC1(c2ncc(C(=O)Nc3c(-c4cc(F)ccc4F)ncnc3C3CCC(F)(F)CO3)cn2)CC1. The Balaban J connectivity index is 1.53. The zero-order valence-electron chi connectivity index (χ0n) is 18.7. The van der Waals surface area contributed by atoms with E-state index in [0.717, 1.165) is 37.4 Å². The number of nitrogens with one attached hydrogen (secondary N) is 1. The van der Waals surface area contributed by atoms with Gasteiger partial charge in [0.05, 0.1) is 16.9 Å². The largest absolute Gasteiger partial charge is 0.366 e. The van der Waals surface area contributed by atoms with E-state index in [4.69, 9.17) is 4.74 Å². The molecule has 182 valence electrons. The molecule has 1 atom stereocenters. The van der Waals surface area contributed by atoms with Gasteiger partial charge in [-0.3, -0.25) is 4.79 Å². The minimum Gasteiger partial charge on any atom is -0.366 e. The number of nitrogens with zero attached hydrogens (tertiary/aromatic N) is 4. The van der Waals surface area contributed by atoms with Gasteiger partial charge in [0.25, 0.3) is 11.8 Å². The molecule has 1 saturated heterocycles. The molecular weight excluding hydrogens is 466 g/mol. The Morgan fingerprint density at radius 1 is 1.09 bits per heavy atom. The number of anilines is 1. The van der Waals surface area contributed by atoms with Gasteiger partial charge in [-0.25, -0.2) is 37.5 Å². The van der Waals surface area contributed by atoms with E-state index in [-0.39, 0.29) is 40.0 Å². The summed E-state index contributed by atoms with van der Waals surface area (Å²) in [6.45, 7) is 1.20. The normalized spacial score (nSPS) is 20.3. The Morgan fingerprint density at radius 2 is 1.83 bits per heavy atom. The average Bonchev–Trinajstić information content (AvgIpc) is 3.59. The van der Waals surface area contributed by atoms with Crippen LogP contribution in [-0.4, -0.2) is 38.4 Å². The average molecular weight is 487 g/mol. The summed E-state index contributed by atoms with van der Waals surface area (Å²) >= 11 is 0. The van der Waals surface area contributed by atoms with E-state index in [9.17, 15) is 22.4 Å². The van der Waals surface area contributed by atoms with Crippen molar-refractivity contribution in [2.24, 2.45) is 0 Å². The van der Waals surface area contributed by atoms with Crippen molar-refractivity contribution in [3.8, 4) is 11.3 Å². The van der Waals surface area contributed by atoms with Gasteiger partial charge in [0.15, 0.2) is 0 Å². The lowest BCUT2D eigenvalue weighted by Gasteiger charge is -2.29. The van der Waals surface area contributed by atoms with Gasteiger partial charge in [-0.15, -0.1) is 0 Å². The van der Waals surface area contributed by atoms with Gasteiger partial charge >= 0.3 is 0 Å². The summed E-state index contributed by atoms with van der Waals surface area (Å²) in [6, 6.07) is 2.81. The fourth-order valence-electron chi connectivity index (χ4n) is 3.94. The molecule has 0 bridgehead atoms. The molecule has 1 N–H and O–H groups in total. The molecule has 2 fully saturated rings. The number of rotatable bonds is 5. The third-order valence-electron chi connectivity index (χ3n) is 6.33. The van der Waals surface area contributed by atoms with Crippen LogP contribution in [0.25, 0.3) is 11.3 Å². The summed E-state index contributed by atoms with van der Waals surface area (Å²) in [4.78, 5) is 29.9. The third kappa shape index (κ3) is 4.72. The second kappa shape index (κ2) is 8.63. The molecular formula is C24H21F4N5O2. The highest BCUT2D eigenvalue weighted by atomic mass is 19.3. The highest BCUT2D eigenvalue weighted by molar-refractivity contribution is 6.06. The number of ether oxygens (including phenoxy) is 1. The Bertz CT molecular complexity index is 1270. The van der Waals surface area contributed by atoms with E-state index < -0.39 is 42.6 Å². The molecule has 1 amide bonds. The number of carbonyl (C=O) groups is 1. The van der Waals surface area contributed by atoms with Crippen LogP contribution in [0.1, 0.15) is 60.6 Å². The molecule has 0 radical (unpaired) electrons. The number of carbonyl (C=O) groups excluding carboxylic acids is 1. The maximum absolute atomic E-state index is 14.6. The van der Waals surface area contributed by atoms with Crippen LogP contribution < -0.4 is 5.32 Å². The highest BCUT2D eigenvalue weighted by Gasteiger charge is 2.42. The van der Waals surface area contributed by atoms with Crippen LogP contribution in [0.5, 0.6) is 0 Å². The molecule has 2 aliphatic rings. The Hall–Kier alpha value is -3.47. The van der Waals surface area contributed by atoms with E-state index in [1.807, 2.05) is 6.92 Å². The Kier molecular flexibility index (Phi) is 5.74. The fourth-order valence-corrected chi connectivity index (χ4v) is 3.94. The molecule has 1 aliphatic carbocycles. The van der Waals surface area contributed by atoms with Gasteiger partial charge in [0.1, 0.15) is 42.2 Å². The molecule has 0 spiro atoms. The predicted molar refractivity (Wildman–Crippen MR) is 117 cm³/mol. The quantitative estimate of drug-likeness (QED) is 0.510. The number of halogens is 4. The minimum atomic E-state index is -2.98. The van der Waals surface area contributed by atoms with Gasteiger partial charge in [0.2, 0.25) is 0 Å². The van der Waals surface area contributed by atoms with E-state index in [2.05, 4.69) is 25.3 Å². The number of hydrogen-bond donors (Lipinski definition) is 1. The van der Waals surface area contributed by atoms with Crippen LogP contribution >= 0.6 is 0 Å². The monoisotopic (exact) mass is 487 g/mol. The van der Waals surface area contributed by atoms with Crippen molar-refractivity contribution in [1.29, 1.82) is 0 Å². The van der Waals surface area contributed by atoms with Crippen LogP contribution in [0.3, 0.4) is 0 Å². The summed E-state index contributed by atoms with van der Waals surface area (Å²) in [7, 11) is 0. The first-order valence-electron chi connectivity index (χ1n) is 11.1. The third-order valence-corrected chi connectivity index (χ3v) is 6.33.